The first kappa shape index (κ1) is 19.0. The van der Waals surface area contributed by atoms with E-state index in [9.17, 15) is 14.4 Å². The Bertz CT molecular complexity index is 760. The third-order valence-corrected chi connectivity index (χ3v) is 4.50. The quantitative estimate of drug-likeness (QED) is 0.534. The summed E-state index contributed by atoms with van der Waals surface area (Å²) in [6.45, 7) is 0. The van der Waals surface area contributed by atoms with Gasteiger partial charge in [-0.05, 0) is 48.5 Å². The molecule has 130 valence electrons. The van der Waals surface area contributed by atoms with Crippen LogP contribution in [0.2, 0.25) is 5.02 Å². The van der Waals surface area contributed by atoms with Crippen LogP contribution in [0.15, 0.2) is 53.4 Å². The lowest BCUT2D eigenvalue weighted by Gasteiger charge is -2.06. The van der Waals surface area contributed by atoms with Gasteiger partial charge in [-0.25, -0.2) is 0 Å². The van der Waals surface area contributed by atoms with E-state index >= 15 is 0 Å². The largest absolute Gasteiger partial charge is 0.481 e. The summed E-state index contributed by atoms with van der Waals surface area (Å²) in [5.74, 6) is -1.05. The molecule has 5 nitrogen and oxygen atoms in total. The van der Waals surface area contributed by atoms with Crippen molar-refractivity contribution >= 4 is 46.7 Å². The number of rotatable bonds is 8. The second kappa shape index (κ2) is 9.25. The summed E-state index contributed by atoms with van der Waals surface area (Å²) in [4.78, 5) is 35.0. The van der Waals surface area contributed by atoms with Crippen LogP contribution in [0.1, 0.15) is 23.2 Å². The zero-order valence-corrected chi connectivity index (χ0v) is 14.8. The van der Waals surface area contributed by atoms with Crippen molar-refractivity contribution in [1.82, 2.24) is 0 Å². The Labute approximate surface area is 154 Å². The van der Waals surface area contributed by atoms with Crippen LogP contribution in [0, 0.1) is 0 Å². The molecule has 0 radical (unpaired) electrons. The van der Waals surface area contributed by atoms with Crippen molar-refractivity contribution in [2.45, 2.75) is 17.7 Å². The highest BCUT2D eigenvalue weighted by molar-refractivity contribution is 8.00. The number of ketones is 1. The fourth-order valence-electron chi connectivity index (χ4n) is 1.95. The molecule has 0 heterocycles. The first-order chi connectivity index (χ1) is 11.9. The van der Waals surface area contributed by atoms with E-state index in [1.165, 1.54) is 11.8 Å². The first-order valence-electron chi connectivity index (χ1n) is 7.47. The lowest BCUT2D eigenvalue weighted by Crippen LogP contribution is -2.13. The smallest absolute Gasteiger partial charge is 0.303 e. The minimum absolute atomic E-state index is 0.00715. The molecule has 0 atom stereocenters. The van der Waals surface area contributed by atoms with Gasteiger partial charge in [-0.15, -0.1) is 11.8 Å². The van der Waals surface area contributed by atoms with Gasteiger partial charge in [0, 0.05) is 27.6 Å². The van der Waals surface area contributed by atoms with Crippen LogP contribution >= 0.6 is 23.4 Å². The van der Waals surface area contributed by atoms with Crippen LogP contribution in [0.3, 0.4) is 0 Å². The lowest BCUT2D eigenvalue weighted by molar-refractivity contribution is -0.138. The Kier molecular flexibility index (Phi) is 7.03. The van der Waals surface area contributed by atoms with Gasteiger partial charge >= 0.3 is 5.97 Å². The highest BCUT2D eigenvalue weighted by Crippen LogP contribution is 2.22. The number of amides is 1. The molecule has 0 aliphatic carbocycles. The van der Waals surface area contributed by atoms with Crippen molar-refractivity contribution in [3.05, 3.63) is 59.1 Å². The average molecular weight is 378 g/mol. The molecule has 25 heavy (non-hydrogen) atoms. The normalized spacial score (nSPS) is 10.3. The van der Waals surface area contributed by atoms with Gasteiger partial charge in [-0.3, -0.25) is 14.4 Å². The van der Waals surface area contributed by atoms with Crippen molar-refractivity contribution in [3.63, 3.8) is 0 Å². The monoisotopic (exact) mass is 377 g/mol. The first-order valence-corrected chi connectivity index (χ1v) is 8.83. The van der Waals surface area contributed by atoms with Crippen molar-refractivity contribution in [1.29, 1.82) is 0 Å². The van der Waals surface area contributed by atoms with Crippen LogP contribution in [0.4, 0.5) is 5.69 Å². The molecule has 0 aliphatic heterocycles. The van der Waals surface area contributed by atoms with Gasteiger partial charge in [0.2, 0.25) is 5.91 Å². The highest BCUT2D eigenvalue weighted by Gasteiger charge is 2.08. The van der Waals surface area contributed by atoms with Gasteiger partial charge in [0.1, 0.15) is 0 Å². The number of benzene rings is 2. The number of carboxylic acids is 1. The highest BCUT2D eigenvalue weighted by atomic mass is 35.5. The summed E-state index contributed by atoms with van der Waals surface area (Å²) < 4.78 is 0. The molecule has 2 N–H and O–H groups in total. The Hall–Kier alpha value is -2.31. The van der Waals surface area contributed by atoms with E-state index < -0.39 is 5.97 Å². The van der Waals surface area contributed by atoms with Crippen LogP contribution < -0.4 is 5.32 Å². The summed E-state index contributed by atoms with van der Waals surface area (Å²) in [6, 6.07) is 13.8. The van der Waals surface area contributed by atoms with Crippen LogP contribution in [0.5, 0.6) is 0 Å². The van der Waals surface area contributed by atoms with Gasteiger partial charge in [-0.1, -0.05) is 11.6 Å². The number of anilines is 1. The standard InChI is InChI=1S/C18H16ClNO4S/c19-13-3-1-12(2-4-13)16(21)11-25-15-7-5-14(6-8-15)20-17(22)9-10-18(23)24/h1-8H,9-11H2,(H,20,22)(H,23,24). The number of Topliss-reactive ketones (excluding diaryl/α,β-unsaturated/α-hetero) is 1. The molecule has 1 amide bonds. The van der Waals surface area contributed by atoms with E-state index in [1.54, 1.807) is 48.5 Å². The third-order valence-electron chi connectivity index (χ3n) is 3.24. The zero-order valence-electron chi connectivity index (χ0n) is 13.2. The molecule has 0 saturated heterocycles. The summed E-state index contributed by atoms with van der Waals surface area (Å²) in [7, 11) is 0. The van der Waals surface area contributed by atoms with E-state index in [1.807, 2.05) is 0 Å². The van der Waals surface area contributed by atoms with Crippen LogP contribution in [-0.2, 0) is 9.59 Å². The molecular weight excluding hydrogens is 362 g/mol. The number of carbonyl (C=O) groups is 3. The Balaban J connectivity index is 1.83. The van der Waals surface area contributed by atoms with Crippen LogP contribution in [0.25, 0.3) is 0 Å². The molecule has 0 fully saturated rings. The number of aliphatic carboxylic acids is 1. The van der Waals surface area contributed by atoms with Crippen molar-refractivity contribution in [2.24, 2.45) is 0 Å². The minimum Gasteiger partial charge on any atom is -0.481 e. The summed E-state index contributed by atoms with van der Waals surface area (Å²) in [5.41, 5.74) is 1.20. The van der Waals surface area contributed by atoms with Gasteiger partial charge in [0.15, 0.2) is 5.78 Å². The molecule has 0 unspecified atom stereocenters. The number of hydrogen-bond acceptors (Lipinski definition) is 4. The van der Waals surface area contributed by atoms with Gasteiger partial charge in [0.05, 0.1) is 12.2 Å². The van der Waals surface area contributed by atoms with Crippen LogP contribution in [-0.4, -0.2) is 28.5 Å². The number of hydrogen-bond donors (Lipinski definition) is 2. The molecule has 0 spiro atoms. The van der Waals surface area contributed by atoms with Crippen molar-refractivity contribution in [3.8, 4) is 0 Å². The third kappa shape index (κ3) is 6.60. The number of carbonyl (C=O) groups excluding carboxylic acids is 2. The fraction of sp³-hybridized carbons (Fsp3) is 0.167. The molecule has 0 aliphatic rings. The van der Waals surface area contributed by atoms with Gasteiger partial charge < -0.3 is 10.4 Å². The average Bonchev–Trinajstić information content (AvgIpc) is 2.60. The minimum atomic E-state index is -1.01. The lowest BCUT2D eigenvalue weighted by atomic mass is 10.1. The zero-order chi connectivity index (χ0) is 18.2. The molecule has 0 saturated carbocycles. The second-order valence-electron chi connectivity index (χ2n) is 5.19. The Morgan fingerprint density at radius 2 is 1.60 bits per heavy atom. The summed E-state index contributed by atoms with van der Waals surface area (Å²) >= 11 is 7.20. The van der Waals surface area contributed by atoms with E-state index in [0.717, 1.165) is 4.90 Å². The molecule has 2 rings (SSSR count). The Morgan fingerprint density at radius 1 is 0.960 bits per heavy atom. The SMILES string of the molecule is O=C(O)CCC(=O)Nc1ccc(SCC(=O)c2ccc(Cl)cc2)cc1. The van der Waals surface area contributed by atoms with Gasteiger partial charge in [0.25, 0.3) is 0 Å². The predicted molar refractivity (Wildman–Crippen MR) is 98.4 cm³/mol. The molecule has 2 aromatic rings. The van der Waals surface area contributed by atoms with Crippen molar-refractivity contribution in [2.75, 3.05) is 11.1 Å². The molecule has 0 bridgehead atoms. The number of nitrogens with one attached hydrogen (secondary N) is 1. The van der Waals surface area contributed by atoms with E-state index in [-0.39, 0.29) is 24.5 Å². The summed E-state index contributed by atoms with van der Waals surface area (Å²) in [5, 5.41) is 11.8. The maximum atomic E-state index is 12.1. The number of halogens is 1. The fourth-order valence-corrected chi connectivity index (χ4v) is 2.87. The van der Waals surface area contributed by atoms with E-state index in [2.05, 4.69) is 5.32 Å². The van der Waals surface area contributed by atoms with E-state index in [4.69, 9.17) is 16.7 Å². The second-order valence-corrected chi connectivity index (χ2v) is 6.67. The molecule has 2 aromatic carbocycles. The molecule has 7 heteroatoms. The van der Waals surface area contributed by atoms with Crippen molar-refractivity contribution < 1.29 is 19.5 Å². The molecular formula is C18H16ClNO4S. The summed E-state index contributed by atoms with van der Waals surface area (Å²) in [6.07, 6.45) is -0.270. The maximum Gasteiger partial charge on any atom is 0.303 e. The number of carboxylic acid groups (broad SMARTS) is 1. The molecule has 0 aromatic heterocycles. The van der Waals surface area contributed by atoms with Gasteiger partial charge in [-0.2, -0.15) is 0 Å². The predicted octanol–water partition coefficient (Wildman–Crippen LogP) is 4.12. The maximum absolute atomic E-state index is 12.1. The Morgan fingerprint density at radius 3 is 2.20 bits per heavy atom. The number of thioether (sulfide) groups is 1. The topological polar surface area (TPSA) is 83.5 Å². The van der Waals surface area contributed by atoms with E-state index in [0.29, 0.717) is 22.0 Å².